The van der Waals surface area contributed by atoms with Crippen LogP contribution in [0.15, 0.2) is 18.2 Å². The van der Waals surface area contributed by atoms with Crippen molar-refractivity contribution in [3.8, 4) is 0 Å². The highest BCUT2D eigenvalue weighted by atomic mass is 19.1. The Balaban J connectivity index is 1.82. The Hall–Kier alpha value is -1.04. The Kier molecular flexibility index (Phi) is 5.46. The summed E-state index contributed by atoms with van der Waals surface area (Å²) in [5.41, 5.74) is 0.301. The molecule has 2 atom stereocenters. The van der Waals surface area contributed by atoms with Gasteiger partial charge in [0.2, 0.25) is 0 Å². The van der Waals surface area contributed by atoms with Crippen LogP contribution in [0.1, 0.15) is 24.5 Å². The molecule has 0 aromatic heterocycles. The van der Waals surface area contributed by atoms with Gasteiger partial charge in [-0.25, -0.2) is 8.78 Å². The molecule has 112 valence electrons. The van der Waals surface area contributed by atoms with Crippen LogP contribution >= 0.6 is 0 Å². The molecule has 0 bridgehead atoms. The normalized spacial score (nSPS) is 21.3. The van der Waals surface area contributed by atoms with Gasteiger partial charge in [0.25, 0.3) is 0 Å². The first-order valence-electron chi connectivity index (χ1n) is 6.94. The number of ether oxygens (including phenoxy) is 1. The van der Waals surface area contributed by atoms with Crippen LogP contribution in [0.3, 0.4) is 0 Å². The van der Waals surface area contributed by atoms with E-state index in [1.807, 2.05) is 0 Å². The highest BCUT2D eigenvalue weighted by Gasteiger charge is 2.22. The summed E-state index contributed by atoms with van der Waals surface area (Å²) in [6.07, 6.45) is 0.739. The number of hydrogen-bond donors (Lipinski definition) is 1. The first-order chi connectivity index (χ1) is 9.58. The minimum atomic E-state index is -0.832. The molecule has 3 nitrogen and oxygen atoms in total. The molecule has 1 aromatic carbocycles. The monoisotopic (exact) mass is 285 g/mol. The van der Waals surface area contributed by atoms with Crippen LogP contribution in [-0.4, -0.2) is 43.4 Å². The zero-order chi connectivity index (χ0) is 14.5. The van der Waals surface area contributed by atoms with Gasteiger partial charge in [-0.1, -0.05) is 0 Å². The fourth-order valence-electron chi connectivity index (χ4n) is 2.73. The topological polar surface area (TPSA) is 32.7 Å². The van der Waals surface area contributed by atoms with Gasteiger partial charge in [-0.05, 0) is 43.0 Å². The molecular weight excluding hydrogens is 264 g/mol. The van der Waals surface area contributed by atoms with Crippen molar-refractivity contribution in [2.24, 2.45) is 5.92 Å². The number of aliphatic hydroxyl groups excluding tert-OH is 1. The van der Waals surface area contributed by atoms with Crippen molar-refractivity contribution in [1.82, 2.24) is 4.90 Å². The average Bonchev–Trinajstić information content (AvgIpc) is 2.83. The second kappa shape index (κ2) is 7.11. The highest BCUT2D eigenvalue weighted by Crippen LogP contribution is 2.22. The SMILES string of the molecule is COCC1CCN(CCC(O)c2cc(F)cc(F)c2)C1. The van der Waals surface area contributed by atoms with Crippen LogP contribution in [0, 0.1) is 17.6 Å². The van der Waals surface area contributed by atoms with Gasteiger partial charge in [0, 0.05) is 26.3 Å². The fourth-order valence-corrected chi connectivity index (χ4v) is 2.73. The van der Waals surface area contributed by atoms with Crippen molar-refractivity contribution in [1.29, 1.82) is 0 Å². The smallest absolute Gasteiger partial charge is 0.126 e. The molecule has 1 fully saturated rings. The predicted octanol–water partition coefficient (Wildman–Crippen LogP) is 2.36. The number of rotatable bonds is 6. The first kappa shape index (κ1) is 15.4. The number of likely N-dealkylation sites (tertiary alicyclic amines) is 1. The molecule has 0 spiro atoms. The molecule has 1 aromatic rings. The van der Waals surface area contributed by atoms with Crippen LogP contribution in [-0.2, 0) is 4.74 Å². The molecule has 20 heavy (non-hydrogen) atoms. The molecule has 1 aliphatic heterocycles. The Labute approximate surface area is 118 Å². The molecule has 1 saturated heterocycles. The zero-order valence-corrected chi connectivity index (χ0v) is 11.7. The van der Waals surface area contributed by atoms with Gasteiger partial charge in [-0.3, -0.25) is 0 Å². The third-order valence-electron chi connectivity index (χ3n) is 3.76. The lowest BCUT2D eigenvalue weighted by atomic mass is 10.1. The van der Waals surface area contributed by atoms with Crippen LogP contribution in [0.2, 0.25) is 0 Å². The van der Waals surface area contributed by atoms with Crippen molar-refractivity contribution < 1.29 is 18.6 Å². The molecule has 1 N–H and O–H groups in total. The minimum absolute atomic E-state index is 0.301. The second-order valence-corrected chi connectivity index (χ2v) is 5.42. The summed E-state index contributed by atoms with van der Waals surface area (Å²) in [5, 5.41) is 10.0. The van der Waals surface area contributed by atoms with Gasteiger partial charge in [0.1, 0.15) is 11.6 Å². The molecule has 0 saturated carbocycles. The maximum Gasteiger partial charge on any atom is 0.126 e. The van der Waals surface area contributed by atoms with Crippen LogP contribution < -0.4 is 0 Å². The van der Waals surface area contributed by atoms with E-state index in [1.165, 1.54) is 12.1 Å². The maximum absolute atomic E-state index is 13.1. The van der Waals surface area contributed by atoms with Crippen molar-refractivity contribution in [2.45, 2.75) is 18.9 Å². The summed E-state index contributed by atoms with van der Waals surface area (Å²) >= 11 is 0. The first-order valence-corrected chi connectivity index (χ1v) is 6.94. The molecule has 0 radical (unpaired) electrons. The Morgan fingerprint density at radius 3 is 2.70 bits per heavy atom. The van der Waals surface area contributed by atoms with E-state index in [0.717, 1.165) is 38.7 Å². The number of hydrogen-bond acceptors (Lipinski definition) is 3. The van der Waals surface area contributed by atoms with Gasteiger partial charge in [0.15, 0.2) is 0 Å². The third-order valence-corrected chi connectivity index (χ3v) is 3.76. The number of aliphatic hydroxyl groups is 1. The number of nitrogens with zero attached hydrogens (tertiary/aromatic N) is 1. The summed E-state index contributed by atoms with van der Waals surface area (Å²) in [7, 11) is 1.70. The van der Waals surface area contributed by atoms with E-state index < -0.39 is 17.7 Å². The molecule has 1 aliphatic rings. The summed E-state index contributed by atoms with van der Waals surface area (Å²) in [6, 6.07) is 3.18. The highest BCUT2D eigenvalue weighted by molar-refractivity contribution is 5.20. The summed E-state index contributed by atoms with van der Waals surface area (Å²) in [6.45, 7) is 3.42. The van der Waals surface area contributed by atoms with Crippen molar-refractivity contribution >= 4 is 0 Å². The van der Waals surface area contributed by atoms with E-state index in [1.54, 1.807) is 7.11 Å². The Bertz CT molecular complexity index is 422. The van der Waals surface area contributed by atoms with Gasteiger partial charge >= 0.3 is 0 Å². The van der Waals surface area contributed by atoms with Crippen LogP contribution in [0.25, 0.3) is 0 Å². The summed E-state index contributed by atoms with van der Waals surface area (Å²) < 4.78 is 31.3. The van der Waals surface area contributed by atoms with Gasteiger partial charge in [-0.15, -0.1) is 0 Å². The van der Waals surface area contributed by atoms with Crippen molar-refractivity contribution in [3.63, 3.8) is 0 Å². The molecule has 0 aliphatic carbocycles. The minimum Gasteiger partial charge on any atom is -0.388 e. The Morgan fingerprint density at radius 2 is 2.05 bits per heavy atom. The van der Waals surface area contributed by atoms with E-state index >= 15 is 0 Å². The van der Waals surface area contributed by atoms with E-state index in [4.69, 9.17) is 4.74 Å². The van der Waals surface area contributed by atoms with E-state index in [0.29, 0.717) is 17.9 Å². The maximum atomic E-state index is 13.1. The van der Waals surface area contributed by atoms with Crippen molar-refractivity contribution in [2.75, 3.05) is 33.4 Å². The lowest BCUT2D eigenvalue weighted by Gasteiger charge is -2.18. The van der Waals surface area contributed by atoms with Gasteiger partial charge in [0.05, 0.1) is 12.7 Å². The summed E-state index contributed by atoms with van der Waals surface area (Å²) in [5.74, 6) is -0.760. The summed E-state index contributed by atoms with van der Waals surface area (Å²) in [4.78, 5) is 2.25. The van der Waals surface area contributed by atoms with E-state index in [-0.39, 0.29) is 0 Å². The molecule has 2 unspecified atom stereocenters. The molecule has 0 amide bonds. The quantitative estimate of drug-likeness (QED) is 0.871. The fraction of sp³-hybridized carbons (Fsp3) is 0.600. The predicted molar refractivity (Wildman–Crippen MR) is 72.4 cm³/mol. The zero-order valence-electron chi connectivity index (χ0n) is 11.7. The van der Waals surface area contributed by atoms with Gasteiger partial charge < -0.3 is 14.7 Å². The Morgan fingerprint density at radius 1 is 1.35 bits per heavy atom. The van der Waals surface area contributed by atoms with Gasteiger partial charge in [-0.2, -0.15) is 0 Å². The molecule has 5 heteroatoms. The second-order valence-electron chi connectivity index (χ2n) is 5.42. The number of halogens is 2. The largest absolute Gasteiger partial charge is 0.388 e. The van der Waals surface area contributed by atoms with Crippen LogP contribution in [0.5, 0.6) is 0 Å². The van der Waals surface area contributed by atoms with E-state index in [2.05, 4.69) is 4.90 Å². The number of benzene rings is 1. The lowest BCUT2D eigenvalue weighted by molar-refractivity contribution is 0.137. The molecule has 2 rings (SSSR count). The van der Waals surface area contributed by atoms with Crippen molar-refractivity contribution in [3.05, 3.63) is 35.4 Å². The molecular formula is C15H21F2NO2. The third kappa shape index (κ3) is 4.23. The van der Waals surface area contributed by atoms with Crippen LogP contribution in [0.4, 0.5) is 8.78 Å². The van der Waals surface area contributed by atoms with E-state index in [9.17, 15) is 13.9 Å². The number of methoxy groups -OCH3 is 1. The average molecular weight is 285 g/mol. The standard InChI is InChI=1S/C15H21F2NO2/c1-20-10-11-2-4-18(9-11)5-3-15(19)12-6-13(16)8-14(17)7-12/h6-8,11,15,19H,2-5,9-10H2,1H3. The molecule has 1 heterocycles. The lowest BCUT2D eigenvalue weighted by Crippen LogP contribution is -2.24.